The molecule has 0 fully saturated rings. The smallest absolute Gasteiger partial charge is 0.256 e. The van der Waals surface area contributed by atoms with Crippen molar-refractivity contribution in [2.45, 2.75) is 18.6 Å². The van der Waals surface area contributed by atoms with Crippen molar-refractivity contribution < 1.29 is 8.42 Å². The van der Waals surface area contributed by atoms with Crippen LogP contribution in [-0.4, -0.2) is 24.6 Å². The number of aromatic amines is 1. The molecule has 0 unspecified atom stereocenters. The lowest BCUT2D eigenvalue weighted by atomic mass is 9.92. The lowest BCUT2D eigenvalue weighted by molar-refractivity contribution is 0.561. The van der Waals surface area contributed by atoms with E-state index < -0.39 is 14.6 Å². The Morgan fingerprint density at radius 1 is 0.794 bits per heavy atom. The first-order valence-corrected chi connectivity index (χ1v) is 12.9. The van der Waals surface area contributed by atoms with Gasteiger partial charge in [0.05, 0.1) is 10.3 Å². The molecule has 170 valence electrons. The Morgan fingerprint density at radius 2 is 1.50 bits per heavy atom. The molecule has 0 aliphatic carbocycles. The zero-order valence-corrected chi connectivity index (χ0v) is 20.0. The van der Waals surface area contributed by atoms with Crippen LogP contribution in [0.25, 0.3) is 44.1 Å². The van der Waals surface area contributed by atoms with Crippen molar-refractivity contribution in [2.24, 2.45) is 0 Å². The van der Waals surface area contributed by atoms with Crippen LogP contribution in [0.2, 0.25) is 0 Å². The van der Waals surface area contributed by atoms with E-state index in [9.17, 15) is 13.2 Å². The number of fused-ring (bicyclic) bond motifs is 2. The molecule has 0 aliphatic rings. The summed E-state index contributed by atoms with van der Waals surface area (Å²) in [5.41, 5.74) is 5.14. The minimum atomic E-state index is -3.37. The minimum absolute atomic E-state index is 0.161. The van der Waals surface area contributed by atoms with E-state index in [1.165, 1.54) is 6.26 Å². The summed E-state index contributed by atoms with van der Waals surface area (Å²) in [4.78, 5) is 20.4. The molecule has 0 saturated carbocycles. The van der Waals surface area contributed by atoms with E-state index in [1.807, 2.05) is 78.9 Å². The number of rotatable bonds is 4. The van der Waals surface area contributed by atoms with Crippen LogP contribution in [0, 0.1) is 0 Å². The topological polar surface area (TPSA) is 79.9 Å². The van der Waals surface area contributed by atoms with E-state index in [1.54, 1.807) is 20.0 Å². The molecule has 0 aliphatic heterocycles. The fraction of sp³-hybridized carbons (Fsp3) is 0.143. The minimum Gasteiger partial charge on any atom is -0.321 e. The van der Waals surface area contributed by atoms with Crippen molar-refractivity contribution in [3.63, 3.8) is 0 Å². The van der Waals surface area contributed by atoms with Crippen LogP contribution in [0.1, 0.15) is 19.4 Å². The number of H-pyrrole nitrogens is 1. The highest BCUT2D eigenvalue weighted by atomic mass is 32.2. The summed E-state index contributed by atoms with van der Waals surface area (Å²) in [5.74, 6) is 0. The molecule has 6 heteroatoms. The van der Waals surface area contributed by atoms with Crippen molar-refractivity contribution in [3.8, 4) is 22.3 Å². The molecule has 1 N–H and O–H groups in total. The fourth-order valence-electron chi connectivity index (χ4n) is 4.19. The number of benzene rings is 3. The molecule has 5 nitrogen and oxygen atoms in total. The van der Waals surface area contributed by atoms with Crippen molar-refractivity contribution in [2.75, 3.05) is 6.26 Å². The van der Waals surface area contributed by atoms with Gasteiger partial charge in [-0.25, -0.2) is 8.42 Å². The van der Waals surface area contributed by atoms with Gasteiger partial charge in [0.15, 0.2) is 9.84 Å². The normalized spacial score (nSPS) is 12.3. The molecule has 0 amide bonds. The van der Waals surface area contributed by atoms with Crippen LogP contribution in [0.4, 0.5) is 0 Å². The molecule has 0 radical (unpaired) electrons. The zero-order valence-electron chi connectivity index (χ0n) is 19.2. The Bertz CT molecular complexity index is 1730. The summed E-state index contributed by atoms with van der Waals surface area (Å²) in [6.07, 6.45) is 2.98. The number of sulfone groups is 1. The lowest BCUT2D eigenvalue weighted by Gasteiger charge is -2.24. The van der Waals surface area contributed by atoms with Gasteiger partial charge in [-0.2, -0.15) is 0 Å². The molecule has 0 bridgehead atoms. The SMILES string of the molecule is CC(C)(c1cc(-c2cccc(-c3cc4ccccc4[nH]c3=O)c2)c2ncccc2c1)S(C)(=O)=O. The number of hydrogen-bond donors (Lipinski definition) is 1. The Balaban J connectivity index is 1.74. The van der Waals surface area contributed by atoms with Gasteiger partial charge < -0.3 is 4.98 Å². The molecule has 0 spiro atoms. The number of hydrogen-bond acceptors (Lipinski definition) is 4. The molecule has 34 heavy (non-hydrogen) atoms. The predicted octanol–water partition coefficient (Wildman–Crippen LogP) is 5.69. The zero-order chi connectivity index (χ0) is 24.1. The van der Waals surface area contributed by atoms with Gasteiger partial charge in [0, 0.05) is 34.5 Å². The van der Waals surface area contributed by atoms with Crippen LogP contribution < -0.4 is 5.56 Å². The number of aromatic nitrogens is 2. The molecule has 0 saturated heterocycles. The van der Waals surface area contributed by atoms with Crippen LogP contribution in [-0.2, 0) is 14.6 Å². The quantitative estimate of drug-likeness (QED) is 0.367. The summed E-state index contributed by atoms with van der Waals surface area (Å²) >= 11 is 0. The molecular formula is C28H24N2O3S. The average molecular weight is 469 g/mol. The van der Waals surface area contributed by atoms with Crippen molar-refractivity contribution in [1.82, 2.24) is 9.97 Å². The molecule has 2 aromatic heterocycles. The predicted molar refractivity (Wildman–Crippen MR) is 139 cm³/mol. The maximum atomic E-state index is 12.9. The number of para-hydroxylation sites is 1. The molecule has 5 aromatic rings. The van der Waals surface area contributed by atoms with Crippen LogP contribution >= 0.6 is 0 Å². The Morgan fingerprint density at radius 3 is 2.26 bits per heavy atom. The Hall–Kier alpha value is -3.77. The standard InChI is InChI=1S/C28H24N2O3S/c1-28(2,34(3,32)33)22-15-21-11-7-13-29-26(21)23(17-22)18-9-6-10-19(14-18)24-16-20-8-4-5-12-25(20)30-27(24)31/h4-17H,1-3H3,(H,30,31). The number of pyridine rings is 2. The van der Waals surface area contributed by atoms with E-state index in [4.69, 9.17) is 0 Å². The Kier molecular flexibility index (Phi) is 5.14. The van der Waals surface area contributed by atoms with Crippen molar-refractivity contribution in [3.05, 3.63) is 101 Å². The van der Waals surface area contributed by atoms with Crippen molar-refractivity contribution >= 4 is 31.6 Å². The van der Waals surface area contributed by atoms with Gasteiger partial charge in [-0.3, -0.25) is 9.78 Å². The van der Waals surface area contributed by atoms with E-state index in [0.29, 0.717) is 11.1 Å². The van der Waals surface area contributed by atoms with Gasteiger partial charge >= 0.3 is 0 Å². The summed E-state index contributed by atoms with van der Waals surface area (Å²) in [6, 6.07) is 24.9. The van der Waals surface area contributed by atoms with Gasteiger partial charge in [0.1, 0.15) is 0 Å². The third kappa shape index (κ3) is 3.70. The average Bonchev–Trinajstić information content (AvgIpc) is 2.82. The summed E-state index contributed by atoms with van der Waals surface area (Å²) < 4.78 is 24.1. The second-order valence-corrected chi connectivity index (χ2v) is 11.6. The number of nitrogens with zero attached hydrogens (tertiary/aromatic N) is 1. The third-order valence-corrected chi connectivity index (χ3v) is 8.65. The molecule has 2 heterocycles. The van der Waals surface area contributed by atoms with Crippen LogP contribution in [0.15, 0.2) is 89.9 Å². The van der Waals surface area contributed by atoms with E-state index in [0.717, 1.165) is 38.5 Å². The highest BCUT2D eigenvalue weighted by molar-refractivity contribution is 7.91. The monoisotopic (exact) mass is 468 g/mol. The first-order valence-electron chi connectivity index (χ1n) is 11.0. The highest BCUT2D eigenvalue weighted by Gasteiger charge is 2.33. The lowest BCUT2D eigenvalue weighted by Crippen LogP contribution is -2.28. The van der Waals surface area contributed by atoms with Gasteiger partial charge in [-0.05, 0) is 72.3 Å². The molecular weight excluding hydrogens is 444 g/mol. The van der Waals surface area contributed by atoms with Gasteiger partial charge in [0.2, 0.25) is 0 Å². The second kappa shape index (κ2) is 7.92. The first-order chi connectivity index (χ1) is 16.1. The van der Waals surface area contributed by atoms with E-state index >= 15 is 0 Å². The largest absolute Gasteiger partial charge is 0.321 e. The molecule has 3 aromatic carbocycles. The van der Waals surface area contributed by atoms with Crippen molar-refractivity contribution in [1.29, 1.82) is 0 Å². The van der Waals surface area contributed by atoms with Crippen LogP contribution in [0.3, 0.4) is 0 Å². The molecule has 5 rings (SSSR count). The Labute approximate surface area is 198 Å². The van der Waals surface area contributed by atoms with E-state index in [2.05, 4.69) is 9.97 Å². The van der Waals surface area contributed by atoms with Gasteiger partial charge in [0.25, 0.3) is 5.56 Å². The third-order valence-electron chi connectivity index (χ3n) is 6.57. The summed E-state index contributed by atoms with van der Waals surface area (Å²) in [6.45, 7) is 3.43. The number of nitrogens with one attached hydrogen (secondary N) is 1. The first kappa shape index (κ1) is 22.0. The van der Waals surface area contributed by atoms with Gasteiger partial charge in [-0.1, -0.05) is 42.5 Å². The highest BCUT2D eigenvalue weighted by Crippen LogP contribution is 2.37. The summed E-state index contributed by atoms with van der Waals surface area (Å²) in [7, 11) is -3.37. The summed E-state index contributed by atoms with van der Waals surface area (Å²) in [5, 5.41) is 1.81. The second-order valence-electron chi connectivity index (χ2n) is 9.06. The van der Waals surface area contributed by atoms with E-state index in [-0.39, 0.29) is 5.56 Å². The van der Waals surface area contributed by atoms with Crippen LogP contribution in [0.5, 0.6) is 0 Å². The molecule has 0 atom stereocenters. The maximum Gasteiger partial charge on any atom is 0.256 e. The fourth-order valence-corrected chi connectivity index (χ4v) is 4.74. The van der Waals surface area contributed by atoms with Gasteiger partial charge in [-0.15, -0.1) is 0 Å². The maximum absolute atomic E-state index is 12.9.